The van der Waals surface area contributed by atoms with Crippen molar-refractivity contribution >= 4 is 28.0 Å². The highest BCUT2D eigenvalue weighted by Crippen LogP contribution is 2.22. The fraction of sp³-hybridized carbons (Fsp3) is 0.857. The molecule has 1 rings (SSSR count). The van der Waals surface area contributed by atoms with Crippen LogP contribution in [0.15, 0.2) is 0 Å². The molecule has 0 spiro atoms. The zero-order chi connectivity index (χ0) is 7.23. The minimum atomic E-state index is 0.321. The SMILES string of the molecule is O=C1SCCCCCCS1. The zero-order valence-electron chi connectivity index (χ0n) is 5.97. The van der Waals surface area contributed by atoms with E-state index in [-0.39, 0.29) is 0 Å². The summed E-state index contributed by atoms with van der Waals surface area (Å²) >= 11 is 2.98. The summed E-state index contributed by atoms with van der Waals surface area (Å²) in [4.78, 5) is 10.9. The van der Waals surface area contributed by atoms with E-state index in [1.54, 1.807) is 0 Å². The maximum Gasteiger partial charge on any atom is 0.246 e. The van der Waals surface area contributed by atoms with Gasteiger partial charge in [0.1, 0.15) is 0 Å². The predicted molar refractivity (Wildman–Crippen MR) is 48.8 cm³/mol. The van der Waals surface area contributed by atoms with Crippen LogP contribution in [-0.4, -0.2) is 16.0 Å². The summed E-state index contributed by atoms with van der Waals surface area (Å²) in [6, 6.07) is 0. The second kappa shape index (κ2) is 5.08. The minimum absolute atomic E-state index is 0.321. The first-order valence-corrected chi connectivity index (χ1v) is 5.66. The number of carbonyl (C=O) groups excluding carboxylic acids is 1. The Morgan fingerprint density at radius 2 is 1.40 bits per heavy atom. The molecule has 0 amide bonds. The lowest BCUT2D eigenvalue weighted by atomic mass is 10.2. The molecule has 1 fully saturated rings. The van der Waals surface area contributed by atoms with Gasteiger partial charge in [-0.15, -0.1) is 0 Å². The first-order valence-electron chi connectivity index (χ1n) is 3.69. The molecule has 1 aliphatic heterocycles. The third kappa shape index (κ3) is 3.52. The Bertz CT molecular complexity index is 102. The highest BCUT2D eigenvalue weighted by molar-refractivity contribution is 8.38. The number of hydrogen-bond donors (Lipinski definition) is 0. The molecule has 3 heteroatoms. The van der Waals surface area contributed by atoms with Crippen LogP contribution in [0.2, 0.25) is 0 Å². The molecule has 0 aromatic carbocycles. The average Bonchev–Trinajstić information content (AvgIpc) is 2.02. The molecule has 0 saturated carbocycles. The van der Waals surface area contributed by atoms with Crippen molar-refractivity contribution in [1.29, 1.82) is 0 Å². The number of carbonyl (C=O) groups is 1. The van der Waals surface area contributed by atoms with Crippen molar-refractivity contribution in [1.82, 2.24) is 0 Å². The molecule has 0 radical (unpaired) electrons. The quantitative estimate of drug-likeness (QED) is 0.564. The lowest BCUT2D eigenvalue weighted by Gasteiger charge is -1.93. The Labute approximate surface area is 70.3 Å². The number of rotatable bonds is 0. The molecule has 1 aliphatic rings. The molecule has 0 aromatic rings. The van der Waals surface area contributed by atoms with Crippen LogP contribution in [0.1, 0.15) is 25.7 Å². The molecule has 10 heavy (non-hydrogen) atoms. The summed E-state index contributed by atoms with van der Waals surface area (Å²) in [5, 5.41) is 0. The van der Waals surface area contributed by atoms with E-state index in [2.05, 4.69) is 0 Å². The van der Waals surface area contributed by atoms with Gasteiger partial charge >= 0.3 is 0 Å². The molecular weight excluding hydrogens is 164 g/mol. The normalized spacial score (nSPS) is 23.0. The number of hydrogen-bond acceptors (Lipinski definition) is 3. The first kappa shape index (κ1) is 8.47. The van der Waals surface area contributed by atoms with Gasteiger partial charge in [0.25, 0.3) is 0 Å². The molecule has 1 nitrogen and oxygen atoms in total. The molecule has 1 heterocycles. The van der Waals surface area contributed by atoms with E-state index in [0.717, 1.165) is 11.5 Å². The Hall–Kier alpha value is 0.370. The van der Waals surface area contributed by atoms with Gasteiger partial charge in [-0.05, 0) is 12.8 Å². The van der Waals surface area contributed by atoms with Crippen LogP contribution in [0.3, 0.4) is 0 Å². The van der Waals surface area contributed by atoms with Gasteiger partial charge in [0.2, 0.25) is 4.45 Å². The highest BCUT2D eigenvalue weighted by Gasteiger charge is 2.05. The standard InChI is InChI=1S/C7H12OS2/c8-7-9-5-3-1-2-4-6-10-7/h1-6H2. The third-order valence-electron chi connectivity index (χ3n) is 1.48. The maximum atomic E-state index is 10.9. The molecule has 0 atom stereocenters. The van der Waals surface area contributed by atoms with Crippen molar-refractivity contribution in [2.24, 2.45) is 0 Å². The first-order chi connectivity index (χ1) is 4.89. The van der Waals surface area contributed by atoms with Gasteiger partial charge in [-0.2, -0.15) is 0 Å². The van der Waals surface area contributed by atoms with Crippen LogP contribution in [0, 0.1) is 0 Å². The minimum Gasteiger partial charge on any atom is -0.274 e. The lowest BCUT2D eigenvalue weighted by Crippen LogP contribution is -1.83. The van der Waals surface area contributed by atoms with Crippen LogP contribution in [0.5, 0.6) is 0 Å². The van der Waals surface area contributed by atoms with E-state index < -0.39 is 0 Å². The molecule has 0 N–H and O–H groups in total. The van der Waals surface area contributed by atoms with E-state index >= 15 is 0 Å². The van der Waals surface area contributed by atoms with Crippen LogP contribution in [0.4, 0.5) is 4.79 Å². The maximum absolute atomic E-state index is 10.9. The Morgan fingerprint density at radius 3 is 1.90 bits per heavy atom. The average molecular weight is 176 g/mol. The van der Waals surface area contributed by atoms with Gasteiger partial charge in [-0.1, -0.05) is 36.4 Å². The van der Waals surface area contributed by atoms with Crippen LogP contribution in [-0.2, 0) is 0 Å². The predicted octanol–water partition coefficient (Wildman–Crippen LogP) is 3.15. The second-order valence-electron chi connectivity index (χ2n) is 2.36. The highest BCUT2D eigenvalue weighted by atomic mass is 32.2. The Kier molecular flexibility index (Phi) is 4.30. The molecule has 1 saturated heterocycles. The van der Waals surface area contributed by atoms with Crippen molar-refractivity contribution in [3.05, 3.63) is 0 Å². The molecule has 0 aromatic heterocycles. The van der Waals surface area contributed by atoms with E-state index in [9.17, 15) is 4.79 Å². The fourth-order valence-electron chi connectivity index (χ4n) is 0.910. The van der Waals surface area contributed by atoms with E-state index in [1.807, 2.05) is 0 Å². The summed E-state index contributed by atoms with van der Waals surface area (Å²) in [7, 11) is 0. The van der Waals surface area contributed by atoms with Crippen LogP contribution in [0.25, 0.3) is 0 Å². The summed E-state index contributed by atoms with van der Waals surface area (Å²) in [6.45, 7) is 0. The van der Waals surface area contributed by atoms with Crippen LogP contribution < -0.4 is 0 Å². The van der Waals surface area contributed by atoms with Gasteiger partial charge < -0.3 is 0 Å². The monoisotopic (exact) mass is 176 g/mol. The topological polar surface area (TPSA) is 17.1 Å². The Balaban J connectivity index is 2.21. The molecule has 58 valence electrons. The van der Waals surface area contributed by atoms with E-state index in [4.69, 9.17) is 0 Å². The van der Waals surface area contributed by atoms with E-state index in [1.165, 1.54) is 49.2 Å². The molecule has 0 aliphatic carbocycles. The van der Waals surface area contributed by atoms with Gasteiger partial charge in [0.15, 0.2) is 0 Å². The molecular formula is C7H12OS2. The van der Waals surface area contributed by atoms with Crippen molar-refractivity contribution in [2.75, 3.05) is 11.5 Å². The largest absolute Gasteiger partial charge is 0.274 e. The van der Waals surface area contributed by atoms with Gasteiger partial charge in [0.05, 0.1) is 0 Å². The fourth-order valence-corrected chi connectivity index (χ4v) is 2.77. The smallest absolute Gasteiger partial charge is 0.246 e. The summed E-state index contributed by atoms with van der Waals surface area (Å²) in [5.74, 6) is 2.07. The summed E-state index contributed by atoms with van der Waals surface area (Å²) in [5.41, 5.74) is 0. The molecule has 0 unspecified atom stereocenters. The van der Waals surface area contributed by atoms with Crippen molar-refractivity contribution < 1.29 is 4.79 Å². The molecule has 0 bridgehead atoms. The van der Waals surface area contributed by atoms with Crippen molar-refractivity contribution in [2.45, 2.75) is 25.7 Å². The van der Waals surface area contributed by atoms with E-state index in [0.29, 0.717) is 4.45 Å². The number of thioether (sulfide) groups is 2. The van der Waals surface area contributed by atoms with Crippen LogP contribution >= 0.6 is 23.5 Å². The van der Waals surface area contributed by atoms with Gasteiger partial charge in [-0.25, -0.2) is 0 Å². The Morgan fingerprint density at radius 1 is 0.900 bits per heavy atom. The van der Waals surface area contributed by atoms with Crippen molar-refractivity contribution in [3.63, 3.8) is 0 Å². The zero-order valence-corrected chi connectivity index (χ0v) is 7.60. The third-order valence-corrected chi connectivity index (χ3v) is 3.64. The van der Waals surface area contributed by atoms with Gasteiger partial charge in [-0.3, -0.25) is 4.79 Å². The van der Waals surface area contributed by atoms with Gasteiger partial charge in [0, 0.05) is 11.5 Å². The summed E-state index contributed by atoms with van der Waals surface area (Å²) in [6.07, 6.45) is 5.05. The lowest BCUT2D eigenvalue weighted by molar-refractivity contribution is 0.276. The summed E-state index contributed by atoms with van der Waals surface area (Å²) < 4.78 is 0.321. The van der Waals surface area contributed by atoms with Crippen molar-refractivity contribution in [3.8, 4) is 0 Å². The second-order valence-corrected chi connectivity index (χ2v) is 4.75.